The normalized spacial score (nSPS) is 16.4. The standard InChI is InChI=1S/C22H25N3O2/c1-16(22(26)18-15-23-19-8-4-3-7-17(18)19)24-11-13-25(14-12-24)20-9-5-6-10-21(20)27-2/h3-10,15-16,23H,11-14H2,1-2H3/p+1/t16-/m0/s1. The first-order chi connectivity index (χ1) is 13.2. The van der Waals surface area contributed by atoms with Gasteiger partial charge in [-0.15, -0.1) is 0 Å². The second kappa shape index (κ2) is 7.45. The summed E-state index contributed by atoms with van der Waals surface area (Å²) >= 11 is 0. The van der Waals surface area contributed by atoms with E-state index in [1.54, 1.807) is 7.11 Å². The molecule has 27 heavy (non-hydrogen) atoms. The number of hydrogen-bond donors (Lipinski definition) is 2. The molecule has 0 unspecified atom stereocenters. The molecule has 4 rings (SSSR count). The monoisotopic (exact) mass is 364 g/mol. The number of fused-ring (bicyclic) bond motifs is 1. The van der Waals surface area contributed by atoms with Crippen LogP contribution in [-0.4, -0.2) is 50.1 Å². The number of aromatic amines is 1. The van der Waals surface area contributed by atoms with Crippen molar-refractivity contribution in [1.29, 1.82) is 0 Å². The zero-order valence-electron chi connectivity index (χ0n) is 15.9. The van der Waals surface area contributed by atoms with Crippen LogP contribution >= 0.6 is 0 Å². The number of methoxy groups -OCH3 is 1. The number of ketones is 1. The van der Waals surface area contributed by atoms with Crippen molar-refractivity contribution < 1.29 is 14.4 Å². The summed E-state index contributed by atoms with van der Waals surface area (Å²) in [5.74, 6) is 1.12. The van der Waals surface area contributed by atoms with E-state index in [0.29, 0.717) is 0 Å². The Labute approximate surface area is 159 Å². The summed E-state index contributed by atoms with van der Waals surface area (Å²) in [7, 11) is 1.71. The second-order valence-electron chi connectivity index (χ2n) is 7.15. The minimum absolute atomic E-state index is 0.0518. The molecule has 1 aliphatic heterocycles. The first kappa shape index (κ1) is 17.6. The van der Waals surface area contributed by atoms with Gasteiger partial charge in [-0.2, -0.15) is 0 Å². The third-order valence-electron chi connectivity index (χ3n) is 5.69. The van der Waals surface area contributed by atoms with Gasteiger partial charge in [0, 0.05) is 22.7 Å². The Hall–Kier alpha value is -2.79. The number of H-pyrrole nitrogens is 1. The first-order valence-corrected chi connectivity index (χ1v) is 9.52. The second-order valence-corrected chi connectivity index (χ2v) is 7.15. The largest absolute Gasteiger partial charge is 0.495 e. The number of rotatable bonds is 5. The van der Waals surface area contributed by atoms with Crippen LogP contribution in [0.3, 0.4) is 0 Å². The Kier molecular flexibility index (Phi) is 4.86. The number of hydrogen-bond acceptors (Lipinski definition) is 3. The molecule has 0 amide bonds. The lowest BCUT2D eigenvalue weighted by Gasteiger charge is -2.36. The molecule has 1 atom stereocenters. The molecule has 1 fully saturated rings. The third kappa shape index (κ3) is 3.30. The molecule has 1 aliphatic rings. The number of carbonyl (C=O) groups excluding carboxylic acids is 1. The molecule has 5 heteroatoms. The van der Waals surface area contributed by atoms with Gasteiger partial charge in [0.15, 0.2) is 0 Å². The minimum Gasteiger partial charge on any atom is -0.495 e. The molecule has 1 aromatic heterocycles. The fraction of sp³-hybridized carbons (Fsp3) is 0.318. The Bertz CT molecular complexity index is 941. The lowest BCUT2D eigenvalue weighted by Crippen LogP contribution is -3.18. The van der Waals surface area contributed by atoms with Gasteiger partial charge in [-0.3, -0.25) is 4.79 Å². The zero-order chi connectivity index (χ0) is 18.8. The number of aromatic nitrogens is 1. The van der Waals surface area contributed by atoms with E-state index < -0.39 is 0 Å². The van der Waals surface area contributed by atoms with E-state index in [9.17, 15) is 4.79 Å². The van der Waals surface area contributed by atoms with Gasteiger partial charge in [0.1, 0.15) is 11.8 Å². The van der Waals surface area contributed by atoms with Crippen LogP contribution in [0.25, 0.3) is 10.9 Å². The highest BCUT2D eigenvalue weighted by atomic mass is 16.5. The number of quaternary nitrogens is 1. The van der Waals surface area contributed by atoms with Crippen molar-refractivity contribution in [3.63, 3.8) is 0 Å². The van der Waals surface area contributed by atoms with E-state index in [0.717, 1.165) is 54.1 Å². The van der Waals surface area contributed by atoms with Crippen molar-refractivity contribution in [2.24, 2.45) is 0 Å². The van der Waals surface area contributed by atoms with Gasteiger partial charge in [0.05, 0.1) is 39.0 Å². The van der Waals surface area contributed by atoms with Crippen molar-refractivity contribution in [2.45, 2.75) is 13.0 Å². The van der Waals surface area contributed by atoms with Crippen LogP contribution in [0, 0.1) is 0 Å². The molecule has 0 radical (unpaired) electrons. The number of para-hydroxylation sites is 3. The number of benzene rings is 2. The third-order valence-corrected chi connectivity index (χ3v) is 5.69. The molecule has 0 bridgehead atoms. The molecular weight excluding hydrogens is 338 g/mol. The Morgan fingerprint density at radius 2 is 1.81 bits per heavy atom. The predicted octanol–water partition coefficient (Wildman–Crippen LogP) is 2.15. The fourth-order valence-corrected chi connectivity index (χ4v) is 4.05. The van der Waals surface area contributed by atoms with E-state index in [1.807, 2.05) is 48.7 Å². The van der Waals surface area contributed by atoms with Crippen LogP contribution in [-0.2, 0) is 0 Å². The molecular formula is C22H26N3O2+. The van der Waals surface area contributed by atoms with Gasteiger partial charge >= 0.3 is 0 Å². The van der Waals surface area contributed by atoms with Gasteiger partial charge in [0.2, 0.25) is 5.78 Å². The van der Waals surface area contributed by atoms with Gasteiger partial charge < -0.3 is 19.5 Å². The average Bonchev–Trinajstić information content (AvgIpc) is 3.17. The van der Waals surface area contributed by atoms with Crippen LogP contribution in [0.2, 0.25) is 0 Å². The molecule has 140 valence electrons. The van der Waals surface area contributed by atoms with Crippen molar-refractivity contribution in [3.8, 4) is 5.75 Å². The van der Waals surface area contributed by atoms with Crippen molar-refractivity contribution in [3.05, 3.63) is 60.3 Å². The zero-order valence-corrected chi connectivity index (χ0v) is 15.9. The van der Waals surface area contributed by atoms with Crippen LogP contribution in [0.1, 0.15) is 17.3 Å². The maximum Gasteiger partial charge on any atom is 0.221 e. The van der Waals surface area contributed by atoms with E-state index in [1.165, 1.54) is 4.90 Å². The van der Waals surface area contributed by atoms with Crippen LogP contribution in [0.15, 0.2) is 54.7 Å². The lowest BCUT2D eigenvalue weighted by atomic mass is 10.0. The quantitative estimate of drug-likeness (QED) is 0.682. The smallest absolute Gasteiger partial charge is 0.221 e. The minimum atomic E-state index is -0.0518. The van der Waals surface area contributed by atoms with Gasteiger partial charge in [-0.05, 0) is 25.1 Å². The average molecular weight is 364 g/mol. The van der Waals surface area contributed by atoms with Crippen molar-refractivity contribution in [1.82, 2.24) is 4.98 Å². The number of Topliss-reactive ketones (excluding diaryl/α,β-unsaturated/α-hetero) is 1. The Morgan fingerprint density at radius 1 is 1.11 bits per heavy atom. The highest BCUT2D eigenvalue weighted by molar-refractivity contribution is 6.09. The van der Waals surface area contributed by atoms with Gasteiger partial charge in [0.25, 0.3) is 0 Å². The van der Waals surface area contributed by atoms with Crippen LogP contribution in [0.5, 0.6) is 5.75 Å². The summed E-state index contributed by atoms with van der Waals surface area (Å²) in [6.45, 7) is 5.77. The van der Waals surface area contributed by atoms with Crippen molar-refractivity contribution in [2.75, 3.05) is 38.2 Å². The molecule has 0 spiro atoms. The highest BCUT2D eigenvalue weighted by Crippen LogP contribution is 2.27. The van der Waals surface area contributed by atoms with E-state index in [2.05, 4.69) is 22.9 Å². The Balaban J connectivity index is 1.45. The molecule has 2 heterocycles. The lowest BCUT2D eigenvalue weighted by molar-refractivity contribution is -0.914. The first-order valence-electron chi connectivity index (χ1n) is 9.52. The number of nitrogens with one attached hydrogen (secondary N) is 2. The Morgan fingerprint density at radius 3 is 2.59 bits per heavy atom. The summed E-state index contributed by atoms with van der Waals surface area (Å²) in [5, 5.41) is 1.02. The molecule has 1 saturated heterocycles. The number of carbonyl (C=O) groups is 1. The molecule has 2 N–H and O–H groups in total. The maximum absolute atomic E-state index is 13.1. The van der Waals surface area contributed by atoms with E-state index in [4.69, 9.17) is 4.74 Å². The summed E-state index contributed by atoms with van der Waals surface area (Å²) in [4.78, 5) is 20.0. The number of ether oxygens (including phenoxy) is 1. The summed E-state index contributed by atoms with van der Waals surface area (Å²) in [5.41, 5.74) is 2.96. The molecule has 5 nitrogen and oxygen atoms in total. The topological polar surface area (TPSA) is 49.8 Å². The summed E-state index contributed by atoms with van der Waals surface area (Å²) in [6, 6.07) is 16.1. The van der Waals surface area contributed by atoms with Gasteiger partial charge in [-0.1, -0.05) is 30.3 Å². The highest BCUT2D eigenvalue weighted by Gasteiger charge is 2.31. The number of nitrogens with zero attached hydrogens (tertiary/aromatic N) is 1. The summed E-state index contributed by atoms with van der Waals surface area (Å²) in [6.07, 6.45) is 1.86. The fourth-order valence-electron chi connectivity index (χ4n) is 4.05. The molecule has 0 saturated carbocycles. The number of piperazine rings is 1. The van der Waals surface area contributed by atoms with E-state index in [-0.39, 0.29) is 11.8 Å². The maximum atomic E-state index is 13.1. The SMILES string of the molecule is COc1ccccc1N1CC[NH+]([C@@H](C)C(=O)c2c[nH]c3ccccc23)CC1. The van der Waals surface area contributed by atoms with Crippen molar-refractivity contribution >= 4 is 22.4 Å². The molecule has 2 aromatic carbocycles. The number of anilines is 1. The van der Waals surface area contributed by atoms with Gasteiger partial charge in [-0.25, -0.2) is 0 Å². The predicted molar refractivity (Wildman–Crippen MR) is 108 cm³/mol. The van der Waals surface area contributed by atoms with Crippen LogP contribution < -0.4 is 14.5 Å². The van der Waals surface area contributed by atoms with Crippen LogP contribution in [0.4, 0.5) is 5.69 Å². The molecule has 3 aromatic rings. The summed E-state index contributed by atoms with van der Waals surface area (Å²) < 4.78 is 5.49. The molecule has 0 aliphatic carbocycles. The van der Waals surface area contributed by atoms with E-state index >= 15 is 0 Å².